The third-order valence-corrected chi connectivity index (χ3v) is 3.43. The van der Waals surface area contributed by atoms with Crippen molar-refractivity contribution in [2.75, 3.05) is 18.8 Å². The Morgan fingerprint density at radius 2 is 1.84 bits per heavy atom. The fourth-order valence-corrected chi connectivity index (χ4v) is 2.30. The zero-order valence-corrected chi connectivity index (χ0v) is 11.6. The lowest BCUT2D eigenvalue weighted by atomic mass is 10.1. The summed E-state index contributed by atoms with van der Waals surface area (Å²) in [7, 11) is 0. The van der Waals surface area contributed by atoms with E-state index in [-0.39, 0.29) is 17.9 Å². The third-order valence-electron chi connectivity index (χ3n) is 3.43. The summed E-state index contributed by atoms with van der Waals surface area (Å²) in [5, 5.41) is 0. The van der Waals surface area contributed by atoms with Crippen molar-refractivity contribution in [1.29, 1.82) is 0 Å². The molecule has 0 radical (unpaired) electrons. The number of nitrogens with zero attached hydrogens (tertiary/aromatic N) is 1. The Bertz CT molecular complexity index is 420. The molecule has 1 aromatic carbocycles. The van der Waals surface area contributed by atoms with Gasteiger partial charge in [0.1, 0.15) is 11.9 Å². The smallest absolute Gasteiger partial charge is 0.225 e. The van der Waals surface area contributed by atoms with Gasteiger partial charge in [-0.1, -0.05) is 13.8 Å². The van der Waals surface area contributed by atoms with E-state index in [1.54, 1.807) is 0 Å². The lowest BCUT2D eigenvalue weighted by molar-refractivity contribution is -0.136. The number of piperidine rings is 1. The zero-order chi connectivity index (χ0) is 13.8. The first-order chi connectivity index (χ1) is 9.06. The number of amides is 1. The van der Waals surface area contributed by atoms with Crippen LogP contribution in [0.2, 0.25) is 0 Å². The molecule has 1 fully saturated rings. The Hall–Kier alpha value is -1.71. The summed E-state index contributed by atoms with van der Waals surface area (Å²) in [6.07, 6.45) is 1.98. The summed E-state index contributed by atoms with van der Waals surface area (Å²) >= 11 is 0. The molecule has 1 amide bonds. The molecular weight excluding hydrogens is 240 g/mol. The van der Waals surface area contributed by atoms with Gasteiger partial charge in [0.05, 0.1) is 0 Å². The molecule has 1 aliphatic rings. The van der Waals surface area contributed by atoms with Gasteiger partial charge < -0.3 is 15.4 Å². The van der Waals surface area contributed by atoms with Gasteiger partial charge in [-0.15, -0.1) is 0 Å². The third kappa shape index (κ3) is 3.63. The standard InChI is InChI=1S/C15H22N2O2/c1-11(2)15(18)17-9-7-14(8-10-17)19-13-5-3-12(16)4-6-13/h3-6,11,14H,7-10,16H2,1-2H3. The molecular formula is C15H22N2O2. The van der Waals surface area contributed by atoms with Crippen molar-refractivity contribution in [1.82, 2.24) is 4.90 Å². The maximum Gasteiger partial charge on any atom is 0.225 e. The van der Waals surface area contributed by atoms with Crippen LogP contribution in [0.25, 0.3) is 0 Å². The molecule has 0 atom stereocenters. The quantitative estimate of drug-likeness (QED) is 0.850. The number of nitrogen functional groups attached to an aromatic ring is 1. The number of anilines is 1. The van der Waals surface area contributed by atoms with Crippen LogP contribution in [0, 0.1) is 5.92 Å². The first-order valence-corrected chi connectivity index (χ1v) is 6.87. The SMILES string of the molecule is CC(C)C(=O)N1CCC(Oc2ccc(N)cc2)CC1. The number of likely N-dealkylation sites (tertiary alicyclic amines) is 1. The number of rotatable bonds is 3. The topological polar surface area (TPSA) is 55.6 Å². The van der Waals surface area contributed by atoms with Crippen LogP contribution in [0.4, 0.5) is 5.69 Å². The van der Waals surface area contributed by atoms with E-state index in [0.29, 0.717) is 0 Å². The first kappa shape index (κ1) is 13.7. The monoisotopic (exact) mass is 262 g/mol. The van der Waals surface area contributed by atoms with Crippen molar-refractivity contribution < 1.29 is 9.53 Å². The summed E-state index contributed by atoms with van der Waals surface area (Å²) in [5.74, 6) is 1.17. The summed E-state index contributed by atoms with van der Waals surface area (Å²) in [6, 6.07) is 7.46. The maximum absolute atomic E-state index is 11.9. The Balaban J connectivity index is 1.83. The second-order valence-corrected chi connectivity index (χ2v) is 5.37. The number of carbonyl (C=O) groups is 1. The molecule has 2 rings (SSSR count). The van der Waals surface area contributed by atoms with Crippen molar-refractivity contribution in [3.63, 3.8) is 0 Å². The van der Waals surface area contributed by atoms with Gasteiger partial charge in [0.15, 0.2) is 0 Å². The predicted octanol–water partition coefficient (Wildman–Crippen LogP) is 2.29. The molecule has 0 aromatic heterocycles. The molecule has 19 heavy (non-hydrogen) atoms. The summed E-state index contributed by atoms with van der Waals surface area (Å²) in [6.45, 7) is 5.46. The van der Waals surface area contributed by atoms with Crippen LogP contribution >= 0.6 is 0 Å². The van der Waals surface area contributed by atoms with Crippen LogP contribution in [0.3, 0.4) is 0 Å². The molecule has 2 N–H and O–H groups in total. The van der Waals surface area contributed by atoms with Crippen molar-refractivity contribution in [2.24, 2.45) is 5.92 Å². The van der Waals surface area contributed by atoms with Crippen LogP contribution in [0.1, 0.15) is 26.7 Å². The zero-order valence-electron chi connectivity index (χ0n) is 11.6. The summed E-state index contributed by atoms with van der Waals surface area (Å²) in [5.41, 5.74) is 6.38. The number of hydrogen-bond donors (Lipinski definition) is 1. The van der Waals surface area contributed by atoms with Crippen LogP contribution in [0.15, 0.2) is 24.3 Å². The Morgan fingerprint density at radius 1 is 1.26 bits per heavy atom. The minimum atomic E-state index is 0.0783. The Kier molecular flexibility index (Phi) is 4.30. The van der Waals surface area contributed by atoms with Crippen LogP contribution in [0.5, 0.6) is 5.75 Å². The van der Waals surface area contributed by atoms with Crippen molar-refractivity contribution >= 4 is 11.6 Å². The number of carbonyl (C=O) groups excluding carboxylic acids is 1. The van der Waals surface area contributed by atoms with Crippen LogP contribution in [-0.2, 0) is 4.79 Å². The number of ether oxygens (including phenoxy) is 1. The molecule has 1 heterocycles. The molecule has 0 bridgehead atoms. The fourth-order valence-electron chi connectivity index (χ4n) is 2.30. The number of hydrogen-bond acceptors (Lipinski definition) is 3. The van der Waals surface area contributed by atoms with Gasteiger partial charge in [0.2, 0.25) is 5.91 Å². The van der Waals surface area contributed by atoms with E-state index < -0.39 is 0 Å². The molecule has 0 saturated carbocycles. The summed E-state index contributed by atoms with van der Waals surface area (Å²) < 4.78 is 5.91. The van der Waals surface area contributed by atoms with E-state index in [9.17, 15) is 4.79 Å². The highest BCUT2D eigenvalue weighted by Gasteiger charge is 2.25. The second kappa shape index (κ2) is 5.95. The van der Waals surface area contributed by atoms with E-state index >= 15 is 0 Å². The van der Waals surface area contributed by atoms with E-state index in [2.05, 4.69) is 0 Å². The summed E-state index contributed by atoms with van der Waals surface area (Å²) in [4.78, 5) is 13.8. The highest BCUT2D eigenvalue weighted by atomic mass is 16.5. The highest BCUT2D eigenvalue weighted by molar-refractivity contribution is 5.78. The van der Waals surface area contributed by atoms with Crippen molar-refractivity contribution in [3.8, 4) is 5.75 Å². The Labute approximate surface area is 114 Å². The molecule has 1 aromatic rings. The largest absolute Gasteiger partial charge is 0.490 e. The average Bonchev–Trinajstić information content (AvgIpc) is 2.41. The fraction of sp³-hybridized carbons (Fsp3) is 0.533. The number of benzene rings is 1. The number of nitrogens with two attached hydrogens (primary N) is 1. The van der Waals surface area contributed by atoms with Gasteiger partial charge in [0.25, 0.3) is 0 Å². The molecule has 0 aliphatic carbocycles. The van der Waals surface area contributed by atoms with Gasteiger partial charge in [-0.2, -0.15) is 0 Å². The molecule has 0 unspecified atom stereocenters. The van der Waals surface area contributed by atoms with Crippen LogP contribution in [-0.4, -0.2) is 30.0 Å². The molecule has 104 valence electrons. The van der Waals surface area contributed by atoms with Gasteiger partial charge in [-0.3, -0.25) is 4.79 Å². The maximum atomic E-state index is 11.9. The van der Waals surface area contributed by atoms with E-state index in [4.69, 9.17) is 10.5 Å². The van der Waals surface area contributed by atoms with E-state index in [1.807, 2.05) is 43.0 Å². The molecule has 1 saturated heterocycles. The van der Waals surface area contributed by atoms with Crippen molar-refractivity contribution in [2.45, 2.75) is 32.8 Å². The van der Waals surface area contributed by atoms with E-state index in [1.165, 1.54) is 0 Å². The van der Waals surface area contributed by atoms with Gasteiger partial charge in [-0.05, 0) is 24.3 Å². The lowest BCUT2D eigenvalue weighted by Gasteiger charge is -2.33. The lowest BCUT2D eigenvalue weighted by Crippen LogP contribution is -2.43. The normalized spacial score (nSPS) is 16.7. The molecule has 1 aliphatic heterocycles. The minimum absolute atomic E-state index is 0.0783. The van der Waals surface area contributed by atoms with Gasteiger partial charge >= 0.3 is 0 Å². The predicted molar refractivity (Wildman–Crippen MR) is 75.9 cm³/mol. The minimum Gasteiger partial charge on any atom is -0.490 e. The Morgan fingerprint density at radius 3 is 2.37 bits per heavy atom. The van der Waals surface area contributed by atoms with Crippen LogP contribution < -0.4 is 10.5 Å². The van der Waals surface area contributed by atoms with Gasteiger partial charge in [0, 0.05) is 37.5 Å². The molecule has 0 spiro atoms. The van der Waals surface area contributed by atoms with E-state index in [0.717, 1.165) is 37.4 Å². The van der Waals surface area contributed by atoms with Gasteiger partial charge in [-0.25, -0.2) is 0 Å². The van der Waals surface area contributed by atoms with Crippen molar-refractivity contribution in [3.05, 3.63) is 24.3 Å². The highest BCUT2D eigenvalue weighted by Crippen LogP contribution is 2.20. The average molecular weight is 262 g/mol. The molecule has 4 nitrogen and oxygen atoms in total. The second-order valence-electron chi connectivity index (χ2n) is 5.37. The molecule has 4 heteroatoms. The first-order valence-electron chi connectivity index (χ1n) is 6.87.